The number of aryl methyl sites for hydroxylation is 1. The van der Waals surface area contributed by atoms with E-state index >= 15 is 0 Å². The van der Waals surface area contributed by atoms with E-state index in [9.17, 15) is 9.59 Å². The van der Waals surface area contributed by atoms with Gasteiger partial charge in [-0.3, -0.25) is 9.59 Å². The van der Waals surface area contributed by atoms with Crippen LogP contribution in [0.15, 0.2) is 48.5 Å². The van der Waals surface area contributed by atoms with E-state index in [1.54, 1.807) is 12.0 Å². The van der Waals surface area contributed by atoms with Gasteiger partial charge in [0.2, 0.25) is 11.8 Å². The van der Waals surface area contributed by atoms with Crippen molar-refractivity contribution < 1.29 is 14.3 Å². The molecule has 1 aliphatic rings. The maximum absolute atomic E-state index is 12.7. The molecule has 1 fully saturated rings. The van der Waals surface area contributed by atoms with E-state index in [2.05, 4.69) is 44.3 Å². The molecule has 0 aliphatic carbocycles. The van der Waals surface area contributed by atoms with Gasteiger partial charge in [0.05, 0.1) is 13.0 Å². The van der Waals surface area contributed by atoms with Crippen molar-refractivity contribution in [2.45, 2.75) is 32.6 Å². The van der Waals surface area contributed by atoms with Gasteiger partial charge in [-0.25, -0.2) is 0 Å². The maximum Gasteiger partial charge on any atom is 0.227 e. The molecular formula is C23H28N2O3. The van der Waals surface area contributed by atoms with Crippen LogP contribution in [0.2, 0.25) is 0 Å². The molecule has 1 heterocycles. The lowest BCUT2D eigenvalue weighted by molar-refractivity contribution is -0.126. The topological polar surface area (TPSA) is 58.6 Å². The van der Waals surface area contributed by atoms with Crippen molar-refractivity contribution in [2.24, 2.45) is 5.92 Å². The number of amides is 2. The summed E-state index contributed by atoms with van der Waals surface area (Å²) in [6, 6.07) is 15.7. The summed E-state index contributed by atoms with van der Waals surface area (Å²) in [5.74, 6) is 0.246. The molecule has 2 aromatic carbocycles. The van der Waals surface area contributed by atoms with Gasteiger partial charge in [-0.2, -0.15) is 0 Å². The molecule has 0 aromatic heterocycles. The van der Waals surface area contributed by atoms with E-state index in [1.165, 1.54) is 11.1 Å². The second-order valence-electron chi connectivity index (χ2n) is 8.08. The summed E-state index contributed by atoms with van der Waals surface area (Å²) in [7, 11) is 1.59. The number of hydrogen-bond acceptors (Lipinski definition) is 3. The Bertz CT molecular complexity index is 876. The number of ether oxygens (including phenoxy) is 1. The quantitative estimate of drug-likeness (QED) is 0.835. The van der Waals surface area contributed by atoms with Crippen LogP contribution in [0.3, 0.4) is 0 Å². The number of carbonyl (C=O) groups excluding carboxylic acids is 2. The van der Waals surface area contributed by atoms with E-state index in [4.69, 9.17) is 4.74 Å². The fraction of sp³-hybridized carbons (Fsp3) is 0.391. The van der Waals surface area contributed by atoms with E-state index in [-0.39, 0.29) is 29.6 Å². The van der Waals surface area contributed by atoms with Crippen molar-refractivity contribution in [3.63, 3.8) is 0 Å². The SMILES string of the molecule is COc1cccc(N2CC(C(=O)NCC(C)(C)c3cccc(C)c3)CC2=O)c1. The Balaban J connectivity index is 1.63. The molecule has 0 spiro atoms. The summed E-state index contributed by atoms with van der Waals surface area (Å²) in [5.41, 5.74) is 2.97. The highest BCUT2D eigenvalue weighted by molar-refractivity contribution is 6.00. The molecule has 3 rings (SSSR count). The van der Waals surface area contributed by atoms with Crippen LogP contribution < -0.4 is 15.0 Å². The molecule has 5 heteroatoms. The Kier molecular flexibility index (Phi) is 5.73. The Morgan fingerprint density at radius 1 is 1.21 bits per heavy atom. The molecule has 1 saturated heterocycles. The minimum Gasteiger partial charge on any atom is -0.497 e. The van der Waals surface area contributed by atoms with Crippen molar-refractivity contribution in [3.8, 4) is 5.75 Å². The average molecular weight is 380 g/mol. The standard InChI is InChI=1S/C23H28N2O3/c1-16-7-5-8-18(11-16)23(2,3)15-24-22(27)17-12-21(26)25(14-17)19-9-6-10-20(13-19)28-4/h5-11,13,17H,12,14-15H2,1-4H3,(H,24,27). The van der Waals surface area contributed by atoms with Gasteiger partial charge in [-0.05, 0) is 24.6 Å². The molecule has 0 bridgehead atoms. The Labute approximate surface area is 166 Å². The fourth-order valence-corrected chi connectivity index (χ4v) is 3.53. The molecular weight excluding hydrogens is 352 g/mol. The lowest BCUT2D eigenvalue weighted by Crippen LogP contribution is -2.40. The molecule has 2 amide bonds. The van der Waals surface area contributed by atoms with Gasteiger partial charge in [0, 0.05) is 36.7 Å². The first-order chi connectivity index (χ1) is 13.3. The Hall–Kier alpha value is -2.82. The number of nitrogens with one attached hydrogen (secondary N) is 1. The summed E-state index contributed by atoms with van der Waals surface area (Å²) >= 11 is 0. The molecule has 0 saturated carbocycles. The van der Waals surface area contributed by atoms with Gasteiger partial charge in [0.25, 0.3) is 0 Å². The first kappa shape index (κ1) is 19.9. The van der Waals surface area contributed by atoms with Crippen LogP contribution >= 0.6 is 0 Å². The predicted molar refractivity (Wildman–Crippen MR) is 111 cm³/mol. The molecule has 148 valence electrons. The molecule has 1 aliphatic heterocycles. The molecule has 28 heavy (non-hydrogen) atoms. The number of benzene rings is 2. The number of hydrogen-bond donors (Lipinski definition) is 1. The van der Waals surface area contributed by atoms with Crippen LogP contribution in [-0.2, 0) is 15.0 Å². The Morgan fingerprint density at radius 2 is 1.96 bits per heavy atom. The zero-order valence-corrected chi connectivity index (χ0v) is 17.0. The first-order valence-corrected chi connectivity index (χ1v) is 9.59. The highest BCUT2D eigenvalue weighted by Crippen LogP contribution is 2.28. The third-order valence-electron chi connectivity index (χ3n) is 5.36. The van der Waals surface area contributed by atoms with Crippen molar-refractivity contribution in [1.82, 2.24) is 5.32 Å². The normalized spacial score (nSPS) is 16.9. The van der Waals surface area contributed by atoms with Gasteiger partial charge in [0.15, 0.2) is 0 Å². The smallest absolute Gasteiger partial charge is 0.227 e. The average Bonchev–Trinajstić information content (AvgIpc) is 3.08. The van der Waals surface area contributed by atoms with Crippen LogP contribution in [0, 0.1) is 12.8 Å². The molecule has 1 atom stereocenters. The molecule has 5 nitrogen and oxygen atoms in total. The van der Waals surface area contributed by atoms with Crippen LogP contribution in [-0.4, -0.2) is 32.0 Å². The van der Waals surface area contributed by atoms with Crippen molar-refractivity contribution in [2.75, 3.05) is 25.1 Å². The van der Waals surface area contributed by atoms with E-state index in [0.717, 1.165) is 5.69 Å². The first-order valence-electron chi connectivity index (χ1n) is 9.59. The molecule has 2 aromatic rings. The second-order valence-corrected chi connectivity index (χ2v) is 8.08. The second kappa shape index (κ2) is 8.05. The van der Waals surface area contributed by atoms with Gasteiger partial charge in [-0.1, -0.05) is 49.7 Å². The molecule has 1 N–H and O–H groups in total. The monoisotopic (exact) mass is 380 g/mol. The highest BCUT2D eigenvalue weighted by atomic mass is 16.5. The van der Waals surface area contributed by atoms with Gasteiger partial charge in [-0.15, -0.1) is 0 Å². The number of anilines is 1. The zero-order chi connectivity index (χ0) is 20.3. The van der Waals surface area contributed by atoms with Crippen molar-refractivity contribution >= 4 is 17.5 Å². The summed E-state index contributed by atoms with van der Waals surface area (Å²) < 4.78 is 5.23. The molecule has 1 unspecified atom stereocenters. The lowest BCUT2D eigenvalue weighted by atomic mass is 9.84. The van der Waals surface area contributed by atoms with E-state index in [1.807, 2.05) is 30.3 Å². The lowest BCUT2D eigenvalue weighted by Gasteiger charge is -2.27. The number of nitrogens with zero attached hydrogens (tertiary/aromatic N) is 1. The zero-order valence-electron chi connectivity index (χ0n) is 17.0. The number of methoxy groups -OCH3 is 1. The van der Waals surface area contributed by atoms with Crippen LogP contribution in [0.25, 0.3) is 0 Å². The number of rotatable bonds is 6. The predicted octanol–water partition coefficient (Wildman–Crippen LogP) is 3.45. The summed E-state index contributed by atoms with van der Waals surface area (Å²) in [4.78, 5) is 26.8. The third kappa shape index (κ3) is 4.35. The fourth-order valence-electron chi connectivity index (χ4n) is 3.53. The minimum atomic E-state index is -0.341. The Morgan fingerprint density at radius 3 is 2.68 bits per heavy atom. The third-order valence-corrected chi connectivity index (χ3v) is 5.36. The van der Waals surface area contributed by atoms with Crippen molar-refractivity contribution in [1.29, 1.82) is 0 Å². The summed E-state index contributed by atoms with van der Waals surface area (Å²) in [5, 5.41) is 3.06. The summed E-state index contributed by atoms with van der Waals surface area (Å²) in [6.07, 6.45) is 0.230. The molecule has 0 radical (unpaired) electrons. The van der Waals surface area contributed by atoms with Crippen LogP contribution in [0.4, 0.5) is 5.69 Å². The maximum atomic E-state index is 12.7. The van der Waals surface area contributed by atoms with Gasteiger partial charge >= 0.3 is 0 Å². The largest absolute Gasteiger partial charge is 0.497 e. The van der Waals surface area contributed by atoms with Crippen LogP contribution in [0.1, 0.15) is 31.4 Å². The summed E-state index contributed by atoms with van der Waals surface area (Å²) in [6.45, 7) is 7.21. The minimum absolute atomic E-state index is 0.0358. The van der Waals surface area contributed by atoms with E-state index < -0.39 is 0 Å². The van der Waals surface area contributed by atoms with Gasteiger partial charge in [0.1, 0.15) is 5.75 Å². The van der Waals surface area contributed by atoms with Gasteiger partial charge < -0.3 is 15.0 Å². The number of carbonyl (C=O) groups is 2. The highest BCUT2D eigenvalue weighted by Gasteiger charge is 2.35. The van der Waals surface area contributed by atoms with E-state index in [0.29, 0.717) is 18.8 Å². The van der Waals surface area contributed by atoms with Crippen molar-refractivity contribution in [3.05, 3.63) is 59.7 Å². The van der Waals surface area contributed by atoms with Crippen LogP contribution in [0.5, 0.6) is 5.75 Å².